The second kappa shape index (κ2) is 6.94. The van der Waals surface area contributed by atoms with Gasteiger partial charge < -0.3 is 15.2 Å². The lowest BCUT2D eigenvalue weighted by Crippen LogP contribution is -2.18. The van der Waals surface area contributed by atoms with Crippen molar-refractivity contribution in [3.05, 3.63) is 59.5 Å². The van der Waals surface area contributed by atoms with E-state index >= 15 is 0 Å². The van der Waals surface area contributed by atoms with Crippen LogP contribution in [0, 0.1) is 5.82 Å². The quantitative estimate of drug-likeness (QED) is 0.738. The predicted molar refractivity (Wildman–Crippen MR) is 96.3 cm³/mol. The van der Waals surface area contributed by atoms with Crippen LogP contribution in [0.4, 0.5) is 15.8 Å². The van der Waals surface area contributed by atoms with E-state index in [1.165, 1.54) is 25.1 Å². The Hall–Kier alpha value is -2.86. The number of halogens is 2. The number of hydrogen-bond acceptors (Lipinski definition) is 2. The van der Waals surface area contributed by atoms with E-state index in [4.69, 9.17) is 11.6 Å². The number of rotatable bonds is 4. The van der Waals surface area contributed by atoms with Gasteiger partial charge in [-0.25, -0.2) is 4.39 Å². The number of amides is 2. The standard InChI is InChI=1S/C18H15ClFN3O2/c1-11(24)21-16-9-14(4-5-15(16)20)22-18(25)10-23-7-6-12-2-3-13(19)8-17(12)23/h2-9H,10H2,1H3,(H,21,24)(H,22,25). The smallest absolute Gasteiger partial charge is 0.244 e. The van der Waals surface area contributed by atoms with Gasteiger partial charge in [0.15, 0.2) is 0 Å². The van der Waals surface area contributed by atoms with Gasteiger partial charge in [0.1, 0.15) is 12.4 Å². The molecule has 0 spiro atoms. The minimum absolute atomic E-state index is 0.0171. The van der Waals surface area contributed by atoms with Crippen molar-refractivity contribution in [1.82, 2.24) is 4.57 Å². The highest BCUT2D eigenvalue weighted by molar-refractivity contribution is 6.31. The van der Waals surface area contributed by atoms with E-state index in [0.717, 1.165) is 10.9 Å². The summed E-state index contributed by atoms with van der Waals surface area (Å²) in [6, 6.07) is 11.3. The number of benzene rings is 2. The Morgan fingerprint density at radius 3 is 2.68 bits per heavy atom. The number of nitrogens with zero attached hydrogens (tertiary/aromatic N) is 1. The van der Waals surface area contributed by atoms with Gasteiger partial charge in [0.2, 0.25) is 11.8 Å². The molecule has 1 aromatic heterocycles. The molecule has 25 heavy (non-hydrogen) atoms. The highest BCUT2D eigenvalue weighted by Crippen LogP contribution is 2.22. The van der Waals surface area contributed by atoms with E-state index in [1.54, 1.807) is 22.9 Å². The normalized spacial score (nSPS) is 10.7. The monoisotopic (exact) mass is 359 g/mol. The van der Waals surface area contributed by atoms with Gasteiger partial charge >= 0.3 is 0 Å². The van der Waals surface area contributed by atoms with Crippen LogP contribution in [-0.4, -0.2) is 16.4 Å². The predicted octanol–water partition coefficient (Wildman–Crippen LogP) is 4.03. The molecule has 0 fully saturated rings. The van der Waals surface area contributed by atoms with E-state index in [1.807, 2.05) is 12.1 Å². The fraction of sp³-hybridized carbons (Fsp3) is 0.111. The molecule has 1 heterocycles. The first-order valence-corrected chi connectivity index (χ1v) is 7.91. The third-order valence-electron chi connectivity index (χ3n) is 3.61. The van der Waals surface area contributed by atoms with Crippen molar-refractivity contribution in [2.45, 2.75) is 13.5 Å². The van der Waals surface area contributed by atoms with Gasteiger partial charge in [-0.2, -0.15) is 0 Å². The maximum absolute atomic E-state index is 13.6. The Labute approximate surface area is 148 Å². The molecule has 0 radical (unpaired) electrons. The van der Waals surface area contributed by atoms with Crippen LogP contribution in [0.5, 0.6) is 0 Å². The summed E-state index contributed by atoms with van der Waals surface area (Å²) in [5, 5.41) is 6.64. The molecule has 0 saturated heterocycles. The molecule has 0 atom stereocenters. The van der Waals surface area contributed by atoms with E-state index < -0.39 is 11.7 Å². The third-order valence-corrected chi connectivity index (χ3v) is 3.85. The number of anilines is 2. The summed E-state index contributed by atoms with van der Waals surface area (Å²) in [6.45, 7) is 1.36. The fourth-order valence-corrected chi connectivity index (χ4v) is 2.70. The van der Waals surface area contributed by atoms with Crippen LogP contribution in [0.15, 0.2) is 48.7 Å². The molecule has 0 saturated carbocycles. The molecule has 2 aromatic carbocycles. The SMILES string of the molecule is CC(=O)Nc1cc(NC(=O)Cn2ccc3ccc(Cl)cc32)ccc1F. The average Bonchev–Trinajstić information content (AvgIpc) is 2.92. The molecule has 5 nitrogen and oxygen atoms in total. The largest absolute Gasteiger partial charge is 0.338 e. The Morgan fingerprint density at radius 1 is 1.12 bits per heavy atom. The van der Waals surface area contributed by atoms with Crippen LogP contribution in [0.3, 0.4) is 0 Å². The molecule has 0 bridgehead atoms. The van der Waals surface area contributed by atoms with Crippen molar-refractivity contribution >= 4 is 45.7 Å². The molecule has 3 aromatic rings. The molecule has 0 aliphatic heterocycles. The van der Waals surface area contributed by atoms with Crippen molar-refractivity contribution in [2.24, 2.45) is 0 Å². The lowest BCUT2D eigenvalue weighted by Gasteiger charge is -2.10. The Balaban J connectivity index is 1.76. The van der Waals surface area contributed by atoms with Crippen molar-refractivity contribution in [1.29, 1.82) is 0 Å². The molecule has 7 heteroatoms. The van der Waals surface area contributed by atoms with E-state index in [9.17, 15) is 14.0 Å². The van der Waals surface area contributed by atoms with Crippen molar-refractivity contribution in [2.75, 3.05) is 10.6 Å². The molecule has 128 valence electrons. The average molecular weight is 360 g/mol. The molecule has 0 aliphatic carbocycles. The zero-order valence-electron chi connectivity index (χ0n) is 13.3. The van der Waals surface area contributed by atoms with Gasteiger partial charge in [-0.05, 0) is 41.8 Å². The van der Waals surface area contributed by atoms with Gasteiger partial charge in [-0.3, -0.25) is 9.59 Å². The first-order valence-electron chi connectivity index (χ1n) is 7.54. The Kier molecular flexibility index (Phi) is 4.72. The van der Waals surface area contributed by atoms with Gasteiger partial charge in [0.25, 0.3) is 0 Å². The number of aromatic nitrogens is 1. The summed E-state index contributed by atoms with van der Waals surface area (Å²) >= 11 is 6.00. The lowest BCUT2D eigenvalue weighted by atomic mass is 10.2. The van der Waals surface area contributed by atoms with Crippen LogP contribution in [0.2, 0.25) is 5.02 Å². The zero-order chi connectivity index (χ0) is 18.0. The van der Waals surface area contributed by atoms with Gasteiger partial charge in [-0.15, -0.1) is 0 Å². The van der Waals surface area contributed by atoms with Crippen molar-refractivity contribution < 1.29 is 14.0 Å². The van der Waals surface area contributed by atoms with Crippen LogP contribution in [0.25, 0.3) is 10.9 Å². The van der Waals surface area contributed by atoms with Gasteiger partial charge in [0.05, 0.1) is 5.69 Å². The molecule has 2 N–H and O–H groups in total. The molecule has 0 aliphatic rings. The van der Waals surface area contributed by atoms with Gasteiger partial charge in [-0.1, -0.05) is 17.7 Å². The van der Waals surface area contributed by atoms with E-state index in [2.05, 4.69) is 10.6 Å². The number of fused-ring (bicyclic) bond motifs is 1. The number of carbonyl (C=O) groups excluding carboxylic acids is 2. The van der Waals surface area contributed by atoms with Gasteiger partial charge in [0, 0.05) is 29.3 Å². The topological polar surface area (TPSA) is 63.1 Å². The summed E-state index contributed by atoms with van der Waals surface area (Å²) in [4.78, 5) is 23.4. The summed E-state index contributed by atoms with van der Waals surface area (Å²) < 4.78 is 15.4. The van der Waals surface area contributed by atoms with E-state index in [-0.39, 0.29) is 18.1 Å². The molecular weight excluding hydrogens is 345 g/mol. The molecule has 3 rings (SSSR count). The maximum atomic E-state index is 13.6. The fourth-order valence-electron chi connectivity index (χ4n) is 2.54. The van der Waals surface area contributed by atoms with Crippen LogP contribution in [0.1, 0.15) is 6.92 Å². The Morgan fingerprint density at radius 2 is 1.92 bits per heavy atom. The number of carbonyl (C=O) groups is 2. The highest BCUT2D eigenvalue weighted by Gasteiger charge is 2.10. The molecule has 0 unspecified atom stereocenters. The second-order valence-corrected chi connectivity index (χ2v) is 6.01. The minimum atomic E-state index is -0.570. The lowest BCUT2D eigenvalue weighted by molar-refractivity contribution is -0.116. The van der Waals surface area contributed by atoms with Crippen molar-refractivity contribution in [3.8, 4) is 0 Å². The Bertz CT molecular complexity index is 968. The van der Waals surface area contributed by atoms with Crippen LogP contribution >= 0.6 is 11.6 Å². The molecular formula is C18H15ClFN3O2. The summed E-state index contributed by atoms with van der Waals surface area (Å²) in [5.41, 5.74) is 1.26. The summed E-state index contributed by atoms with van der Waals surface area (Å²) in [6.07, 6.45) is 1.80. The van der Waals surface area contributed by atoms with E-state index in [0.29, 0.717) is 10.7 Å². The number of hydrogen-bond donors (Lipinski definition) is 2. The van der Waals surface area contributed by atoms with Crippen molar-refractivity contribution in [3.63, 3.8) is 0 Å². The molecule has 2 amide bonds. The highest BCUT2D eigenvalue weighted by atomic mass is 35.5. The maximum Gasteiger partial charge on any atom is 0.244 e. The second-order valence-electron chi connectivity index (χ2n) is 5.57. The summed E-state index contributed by atoms with van der Waals surface area (Å²) in [5.74, 6) is -1.24. The number of nitrogens with one attached hydrogen (secondary N) is 2. The minimum Gasteiger partial charge on any atom is -0.338 e. The van der Waals surface area contributed by atoms with Crippen LogP contribution in [-0.2, 0) is 16.1 Å². The first-order chi connectivity index (χ1) is 11.9. The summed E-state index contributed by atoms with van der Waals surface area (Å²) in [7, 11) is 0. The third kappa shape index (κ3) is 3.97. The van der Waals surface area contributed by atoms with Crippen LogP contribution < -0.4 is 10.6 Å². The first kappa shape index (κ1) is 17.0. The zero-order valence-corrected chi connectivity index (χ0v) is 14.1.